The molecule has 0 N–H and O–H groups in total. The maximum Gasteiger partial charge on any atom is 0.226 e. The van der Waals surface area contributed by atoms with Crippen LogP contribution in [0, 0.1) is 0 Å². The fraction of sp³-hybridized carbons (Fsp3) is 0.800. The van der Waals surface area contributed by atoms with Crippen LogP contribution in [-0.4, -0.2) is 42.3 Å². The quantitative estimate of drug-likeness (QED) is 0.669. The Hall–Kier alpha value is -0.900. The minimum atomic E-state index is 0.741. The fourth-order valence-corrected chi connectivity index (χ4v) is 1.25. The van der Waals surface area contributed by atoms with Crippen molar-refractivity contribution < 1.29 is 9.01 Å². The van der Waals surface area contributed by atoms with Crippen LogP contribution in [0.5, 0.6) is 0 Å². The molecule has 0 amide bonds. The zero-order valence-electron chi connectivity index (χ0n) is 9.58. The molecule has 1 heterocycles. The second kappa shape index (κ2) is 4.55. The SMILES string of the molecule is CCc1nc(CCC[N+](C)(C)C)no1. The first-order chi connectivity index (χ1) is 6.51. The van der Waals surface area contributed by atoms with Gasteiger partial charge in [-0.05, 0) is 0 Å². The summed E-state index contributed by atoms with van der Waals surface area (Å²) in [6, 6.07) is 0. The molecule has 0 aromatic carbocycles. The van der Waals surface area contributed by atoms with Gasteiger partial charge in [0, 0.05) is 19.3 Å². The highest BCUT2D eigenvalue weighted by atomic mass is 16.5. The van der Waals surface area contributed by atoms with E-state index in [1.165, 1.54) is 0 Å². The van der Waals surface area contributed by atoms with Gasteiger partial charge in [0.15, 0.2) is 5.82 Å². The molecule has 0 fully saturated rings. The molecule has 0 saturated carbocycles. The van der Waals surface area contributed by atoms with Gasteiger partial charge < -0.3 is 9.01 Å². The van der Waals surface area contributed by atoms with E-state index in [-0.39, 0.29) is 0 Å². The molecular weight excluding hydrogens is 178 g/mol. The molecule has 4 nitrogen and oxygen atoms in total. The Morgan fingerprint density at radius 1 is 1.29 bits per heavy atom. The number of hydrogen-bond acceptors (Lipinski definition) is 3. The molecule has 0 unspecified atom stereocenters. The van der Waals surface area contributed by atoms with Crippen molar-refractivity contribution in [3.63, 3.8) is 0 Å². The summed E-state index contributed by atoms with van der Waals surface area (Å²) in [5.41, 5.74) is 0. The lowest BCUT2D eigenvalue weighted by Crippen LogP contribution is -2.35. The molecule has 0 saturated heterocycles. The second-order valence-electron chi connectivity index (χ2n) is 4.58. The molecule has 1 aromatic heterocycles. The van der Waals surface area contributed by atoms with Gasteiger partial charge >= 0.3 is 0 Å². The van der Waals surface area contributed by atoms with Gasteiger partial charge in [-0.3, -0.25) is 0 Å². The van der Waals surface area contributed by atoms with Gasteiger partial charge in [-0.2, -0.15) is 4.98 Å². The topological polar surface area (TPSA) is 38.9 Å². The van der Waals surface area contributed by atoms with E-state index in [1.54, 1.807) is 0 Å². The third-order valence-electron chi connectivity index (χ3n) is 2.04. The van der Waals surface area contributed by atoms with Crippen LogP contribution in [0.1, 0.15) is 25.1 Å². The summed E-state index contributed by atoms with van der Waals surface area (Å²) in [4.78, 5) is 4.26. The summed E-state index contributed by atoms with van der Waals surface area (Å²) in [7, 11) is 6.56. The Morgan fingerprint density at radius 2 is 2.00 bits per heavy atom. The number of nitrogens with zero attached hydrogens (tertiary/aromatic N) is 3. The first-order valence-electron chi connectivity index (χ1n) is 5.13. The van der Waals surface area contributed by atoms with Gasteiger partial charge in [-0.25, -0.2) is 0 Å². The van der Waals surface area contributed by atoms with Gasteiger partial charge in [0.2, 0.25) is 5.89 Å². The molecule has 1 rings (SSSR count). The third-order valence-corrected chi connectivity index (χ3v) is 2.04. The van der Waals surface area contributed by atoms with E-state index >= 15 is 0 Å². The Morgan fingerprint density at radius 3 is 2.50 bits per heavy atom. The van der Waals surface area contributed by atoms with Crippen molar-refractivity contribution in [3.05, 3.63) is 11.7 Å². The monoisotopic (exact) mass is 198 g/mol. The Kier molecular flexibility index (Phi) is 3.63. The minimum absolute atomic E-state index is 0.741. The van der Waals surface area contributed by atoms with Crippen molar-refractivity contribution in [2.45, 2.75) is 26.2 Å². The van der Waals surface area contributed by atoms with E-state index in [2.05, 4.69) is 31.3 Å². The lowest BCUT2D eigenvalue weighted by Gasteiger charge is -2.23. The molecule has 0 aliphatic carbocycles. The average molecular weight is 198 g/mol. The van der Waals surface area contributed by atoms with Gasteiger partial charge in [0.1, 0.15) is 0 Å². The van der Waals surface area contributed by atoms with Gasteiger partial charge in [-0.1, -0.05) is 12.1 Å². The van der Waals surface area contributed by atoms with E-state index in [4.69, 9.17) is 4.52 Å². The Labute approximate surface area is 85.5 Å². The van der Waals surface area contributed by atoms with Gasteiger partial charge in [0.25, 0.3) is 0 Å². The van der Waals surface area contributed by atoms with E-state index in [0.717, 1.165) is 42.0 Å². The van der Waals surface area contributed by atoms with Crippen molar-refractivity contribution >= 4 is 0 Å². The summed E-state index contributed by atoms with van der Waals surface area (Å²) in [6.45, 7) is 3.15. The standard InChI is InChI=1S/C10H20N3O/c1-5-10-11-9(12-14-10)7-6-8-13(2,3)4/h5-8H2,1-4H3/q+1. The lowest BCUT2D eigenvalue weighted by atomic mass is 10.3. The number of hydrogen-bond donors (Lipinski definition) is 0. The molecule has 0 aliphatic heterocycles. The zero-order valence-corrected chi connectivity index (χ0v) is 9.58. The molecule has 0 atom stereocenters. The zero-order chi connectivity index (χ0) is 10.6. The molecule has 0 radical (unpaired) electrons. The van der Waals surface area contributed by atoms with Crippen molar-refractivity contribution in [3.8, 4) is 0 Å². The molecular formula is C10H20N3O+. The second-order valence-corrected chi connectivity index (χ2v) is 4.58. The van der Waals surface area contributed by atoms with E-state index in [0.29, 0.717) is 0 Å². The van der Waals surface area contributed by atoms with Crippen LogP contribution < -0.4 is 0 Å². The van der Waals surface area contributed by atoms with Gasteiger partial charge in [-0.15, -0.1) is 0 Å². The molecule has 0 spiro atoms. The van der Waals surface area contributed by atoms with E-state index in [9.17, 15) is 0 Å². The smallest absolute Gasteiger partial charge is 0.226 e. The fourth-order valence-electron chi connectivity index (χ4n) is 1.25. The van der Waals surface area contributed by atoms with Crippen molar-refractivity contribution in [2.24, 2.45) is 0 Å². The molecule has 4 heteroatoms. The van der Waals surface area contributed by atoms with E-state index in [1.807, 2.05) is 6.92 Å². The highest BCUT2D eigenvalue weighted by molar-refractivity contribution is 4.85. The molecule has 0 bridgehead atoms. The first kappa shape index (κ1) is 11.2. The summed E-state index contributed by atoms with van der Waals surface area (Å²) in [5, 5.41) is 3.91. The number of rotatable bonds is 5. The largest absolute Gasteiger partial charge is 0.339 e. The maximum absolute atomic E-state index is 5.03. The van der Waals surface area contributed by atoms with Crippen molar-refractivity contribution in [2.75, 3.05) is 27.7 Å². The molecule has 14 heavy (non-hydrogen) atoms. The van der Waals surface area contributed by atoms with Crippen LogP contribution in [0.4, 0.5) is 0 Å². The van der Waals surface area contributed by atoms with Gasteiger partial charge in [0.05, 0.1) is 27.7 Å². The van der Waals surface area contributed by atoms with Crippen molar-refractivity contribution in [1.82, 2.24) is 10.1 Å². The predicted octanol–water partition coefficient (Wildman–Crippen LogP) is 1.27. The molecule has 1 aromatic rings. The van der Waals surface area contributed by atoms with Crippen LogP contribution in [0.2, 0.25) is 0 Å². The minimum Gasteiger partial charge on any atom is -0.339 e. The van der Waals surface area contributed by atoms with Crippen LogP contribution in [0.25, 0.3) is 0 Å². The third kappa shape index (κ3) is 3.87. The summed E-state index contributed by atoms with van der Waals surface area (Å²) in [6.07, 6.45) is 2.84. The lowest BCUT2D eigenvalue weighted by molar-refractivity contribution is -0.870. The normalized spacial score (nSPS) is 12.0. The van der Waals surface area contributed by atoms with Crippen LogP contribution in [-0.2, 0) is 12.8 Å². The van der Waals surface area contributed by atoms with Crippen LogP contribution in [0.3, 0.4) is 0 Å². The predicted molar refractivity (Wildman–Crippen MR) is 54.9 cm³/mol. The highest BCUT2D eigenvalue weighted by Crippen LogP contribution is 2.02. The van der Waals surface area contributed by atoms with Crippen LogP contribution >= 0.6 is 0 Å². The number of aromatic nitrogens is 2. The van der Waals surface area contributed by atoms with Crippen molar-refractivity contribution in [1.29, 1.82) is 0 Å². The first-order valence-corrected chi connectivity index (χ1v) is 5.13. The summed E-state index contributed by atoms with van der Waals surface area (Å²) in [5.74, 6) is 1.58. The summed E-state index contributed by atoms with van der Waals surface area (Å²) >= 11 is 0. The Bertz CT molecular complexity index is 275. The number of aryl methyl sites for hydroxylation is 2. The Balaban J connectivity index is 2.31. The number of quaternary nitrogens is 1. The van der Waals surface area contributed by atoms with E-state index < -0.39 is 0 Å². The maximum atomic E-state index is 5.03. The highest BCUT2D eigenvalue weighted by Gasteiger charge is 2.09. The summed E-state index contributed by atoms with van der Waals surface area (Å²) < 4.78 is 6.01. The molecule has 0 aliphatic rings. The average Bonchev–Trinajstić information content (AvgIpc) is 2.50. The molecule has 80 valence electrons. The van der Waals surface area contributed by atoms with Crippen LogP contribution in [0.15, 0.2) is 4.52 Å².